The van der Waals surface area contributed by atoms with E-state index >= 15 is 0 Å². The van der Waals surface area contributed by atoms with Crippen LogP contribution in [0.3, 0.4) is 0 Å². The highest BCUT2D eigenvalue weighted by molar-refractivity contribution is 5.90. The largest absolute Gasteiger partial charge is 0.354 e. The third-order valence-corrected chi connectivity index (χ3v) is 7.63. The van der Waals surface area contributed by atoms with Crippen LogP contribution in [0.25, 0.3) is 0 Å². The number of rotatable bonds is 5. The van der Waals surface area contributed by atoms with Gasteiger partial charge in [-0.05, 0) is 24.0 Å². The molecule has 2 amide bonds. The van der Waals surface area contributed by atoms with Crippen LogP contribution in [0.5, 0.6) is 0 Å². The molecule has 1 aromatic heterocycles. The zero-order valence-electron chi connectivity index (χ0n) is 20.3. The van der Waals surface area contributed by atoms with E-state index in [2.05, 4.69) is 66.6 Å². The smallest absolute Gasteiger partial charge is 0.319 e. The second kappa shape index (κ2) is 9.69. The number of nitrogens with two attached hydrogens (primary N) is 1. The van der Waals surface area contributed by atoms with Crippen LogP contribution in [0.4, 0.5) is 16.3 Å². The van der Waals surface area contributed by atoms with E-state index in [4.69, 9.17) is 5.73 Å². The number of benzene rings is 1. The number of piperazine rings is 1. The lowest BCUT2D eigenvalue weighted by atomic mass is 9.81. The van der Waals surface area contributed by atoms with Crippen molar-refractivity contribution in [3.05, 3.63) is 54.2 Å². The minimum Gasteiger partial charge on any atom is -0.354 e. The summed E-state index contributed by atoms with van der Waals surface area (Å²) in [5.41, 5.74) is 8.04. The average Bonchev–Trinajstić information content (AvgIpc) is 2.94. The summed E-state index contributed by atoms with van der Waals surface area (Å²) in [7, 11) is 4.65. The quantitative estimate of drug-likeness (QED) is 0.684. The molecule has 2 aromatic rings. The van der Waals surface area contributed by atoms with Crippen molar-refractivity contribution in [3.63, 3.8) is 0 Å². The van der Waals surface area contributed by atoms with Crippen LogP contribution < -0.4 is 20.9 Å². The summed E-state index contributed by atoms with van der Waals surface area (Å²) < 4.78 is 0.955. The molecule has 0 aliphatic carbocycles. The van der Waals surface area contributed by atoms with Crippen LogP contribution in [0, 0.1) is 5.41 Å². The van der Waals surface area contributed by atoms with Gasteiger partial charge in [0.05, 0.1) is 32.5 Å². The molecule has 3 N–H and O–H groups in total. The maximum absolute atomic E-state index is 12.5. The normalized spacial score (nSPS) is 25.3. The maximum Gasteiger partial charge on any atom is 0.319 e. The number of amides is 2. The van der Waals surface area contributed by atoms with Crippen molar-refractivity contribution in [3.8, 4) is 0 Å². The number of carbonyl (C=O) groups excluding carboxylic acids is 1. The molecular formula is C26H39N6O+. The first-order valence-corrected chi connectivity index (χ1v) is 12.1. The number of carbonyl (C=O) groups is 1. The lowest BCUT2D eigenvalue weighted by Crippen LogP contribution is -2.45. The summed E-state index contributed by atoms with van der Waals surface area (Å²) >= 11 is 0. The summed E-state index contributed by atoms with van der Waals surface area (Å²) in [6.45, 7) is 7.80. The molecule has 3 heterocycles. The molecular weight excluding hydrogens is 412 g/mol. The Hall–Kier alpha value is -2.64. The van der Waals surface area contributed by atoms with Crippen molar-refractivity contribution in [1.29, 1.82) is 0 Å². The number of pyridine rings is 1. The van der Waals surface area contributed by atoms with Crippen LogP contribution in [0.15, 0.2) is 48.7 Å². The Morgan fingerprint density at radius 3 is 2.55 bits per heavy atom. The van der Waals surface area contributed by atoms with E-state index in [-0.39, 0.29) is 5.41 Å². The van der Waals surface area contributed by atoms with Gasteiger partial charge in [-0.1, -0.05) is 37.3 Å². The molecule has 2 aliphatic heterocycles. The fraction of sp³-hybridized carbons (Fsp3) is 0.538. The predicted molar refractivity (Wildman–Crippen MR) is 134 cm³/mol. The van der Waals surface area contributed by atoms with Crippen LogP contribution in [-0.4, -0.2) is 68.9 Å². The molecule has 2 aliphatic rings. The Morgan fingerprint density at radius 1 is 1.18 bits per heavy atom. The van der Waals surface area contributed by atoms with Gasteiger partial charge in [-0.3, -0.25) is 4.90 Å². The molecule has 33 heavy (non-hydrogen) atoms. The van der Waals surface area contributed by atoms with Crippen LogP contribution in [0.2, 0.25) is 0 Å². The first-order valence-electron chi connectivity index (χ1n) is 12.1. The highest BCUT2D eigenvalue weighted by Crippen LogP contribution is 2.42. The van der Waals surface area contributed by atoms with Crippen LogP contribution in [0.1, 0.15) is 37.8 Å². The molecule has 2 atom stereocenters. The maximum atomic E-state index is 12.5. The van der Waals surface area contributed by atoms with Gasteiger partial charge in [0.15, 0.2) is 0 Å². The number of hydrogen-bond donors (Lipinski definition) is 2. The van der Waals surface area contributed by atoms with Crippen molar-refractivity contribution in [1.82, 2.24) is 10.3 Å². The van der Waals surface area contributed by atoms with E-state index < -0.39 is 6.03 Å². The van der Waals surface area contributed by atoms with Crippen molar-refractivity contribution < 1.29 is 9.28 Å². The van der Waals surface area contributed by atoms with Crippen molar-refractivity contribution in [2.75, 3.05) is 63.2 Å². The van der Waals surface area contributed by atoms with Gasteiger partial charge in [0.1, 0.15) is 11.9 Å². The second-order valence-corrected chi connectivity index (χ2v) is 10.6. The van der Waals surface area contributed by atoms with Gasteiger partial charge in [-0.2, -0.15) is 0 Å². The van der Waals surface area contributed by atoms with Crippen molar-refractivity contribution >= 4 is 17.5 Å². The molecule has 2 fully saturated rings. The van der Waals surface area contributed by atoms with Crippen LogP contribution in [-0.2, 0) is 0 Å². The minimum absolute atomic E-state index is 0.00864. The number of anilines is 2. The molecule has 7 nitrogen and oxygen atoms in total. The molecule has 2 saturated heterocycles. The molecule has 1 aromatic carbocycles. The number of hydrogen-bond acceptors (Lipinski definition) is 4. The summed E-state index contributed by atoms with van der Waals surface area (Å²) in [5, 5.41) is 3.36. The molecule has 178 valence electrons. The zero-order chi connectivity index (χ0) is 23.5. The molecule has 4 rings (SSSR count). The van der Waals surface area contributed by atoms with E-state index in [1.165, 1.54) is 5.56 Å². The lowest BCUT2D eigenvalue weighted by Gasteiger charge is -2.37. The fourth-order valence-electron chi connectivity index (χ4n) is 5.37. The molecule has 0 radical (unpaired) electrons. The third kappa shape index (κ3) is 5.47. The molecule has 0 bridgehead atoms. The summed E-state index contributed by atoms with van der Waals surface area (Å²) in [5.74, 6) is 0.954. The lowest BCUT2D eigenvalue weighted by molar-refractivity contribution is -0.920. The SMILES string of the molecule is C[C@@]1(CN(C(N)=O)c2ccc(N3CCNCC3)nc2)CC[C@H](c2ccccc2)[N+](C)(C)CC1. The first kappa shape index (κ1) is 23.5. The summed E-state index contributed by atoms with van der Waals surface area (Å²) in [6, 6.07) is 14.9. The second-order valence-electron chi connectivity index (χ2n) is 10.6. The van der Waals surface area contributed by atoms with E-state index in [9.17, 15) is 4.79 Å². The van der Waals surface area contributed by atoms with Gasteiger partial charge < -0.3 is 20.4 Å². The van der Waals surface area contributed by atoms with Gasteiger partial charge >= 0.3 is 6.03 Å². The monoisotopic (exact) mass is 451 g/mol. The molecule has 0 saturated carbocycles. The van der Waals surface area contributed by atoms with Gasteiger partial charge in [-0.25, -0.2) is 9.78 Å². The minimum atomic E-state index is -0.412. The van der Waals surface area contributed by atoms with Gasteiger partial charge in [0.2, 0.25) is 0 Å². The Labute approximate surface area is 198 Å². The predicted octanol–water partition coefficient (Wildman–Crippen LogP) is 3.38. The van der Waals surface area contributed by atoms with E-state index in [1.807, 2.05) is 12.1 Å². The standard InChI is InChI=1S/C26H38N6O/c1-26(12-11-23(32(2,3)18-13-26)21-7-5-4-6-8-21)20-31(25(27)33)22-9-10-24(29-19-22)30-16-14-28-15-17-30/h4-10,19,23,28H,11-18,20H2,1-3H3,(H-,27,33)/p+1/t23-,26-/m1/s1. The number of nitrogens with one attached hydrogen (secondary N) is 1. The van der Waals surface area contributed by atoms with E-state index in [1.54, 1.807) is 11.1 Å². The Balaban J connectivity index is 1.49. The van der Waals surface area contributed by atoms with Crippen molar-refractivity contribution in [2.24, 2.45) is 11.1 Å². The van der Waals surface area contributed by atoms with E-state index in [0.717, 1.165) is 68.0 Å². The highest BCUT2D eigenvalue weighted by Gasteiger charge is 2.40. The van der Waals surface area contributed by atoms with Gasteiger partial charge in [0.25, 0.3) is 0 Å². The van der Waals surface area contributed by atoms with Gasteiger partial charge in [-0.15, -0.1) is 0 Å². The van der Waals surface area contributed by atoms with Crippen molar-refractivity contribution in [2.45, 2.75) is 32.2 Å². The number of likely N-dealkylation sites (tertiary alicyclic amines) is 1. The number of urea groups is 1. The fourth-order valence-corrected chi connectivity index (χ4v) is 5.37. The number of primary amides is 1. The Kier molecular flexibility index (Phi) is 6.91. The average molecular weight is 452 g/mol. The summed E-state index contributed by atoms with van der Waals surface area (Å²) in [6.07, 6.45) is 4.97. The van der Waals surface area contributed by atoms with E-state index in [0.29, 0.717) is 12.6 Å². The topological polar surface area (TPSA) is 74.5 Å². The molecule has 7 heteroatoms. The third-order valence-electron chi connectivity index (χ3n) is 7.63. The number of aromatic nitrogens is 1. The van der Waals surface area contributed by atoms with Gasteiger partial charge in [0, 0.05) is 51.1 Å². The number of quaternary nitrogens is 1. The molecule has 0 unspecified atom stereocenters. The summed E-state index contributed by atoms with van der Waals surface area (Å²) in [4.78, 5) is 21.1. The Bertz CT molecular complexity index is 926. The first-order chi connectivity index (χ1) is 15.8. The van der Waals surface area contributed by atoms with Crippen LogP contribution >= 0.6 is 0 Å². The Morgan fingerprint density at radius 2 is 1.91 bits per heavy atom. The molecule has 0 spiro atoms. The number of nitrogens with zero attached hydrogens (tertiary/aromatic N) is 4. The zero-order valence-corrected chi connectivity index (χ0v) is 20.3. The highest BCUT2D eigenvalue weighted by atomic mass is 16.2.